The molecule has 0 aliphatic heterocycles. The van der Waals surface area contributed by atoms with Crippen molar-refractivity contribution in [3.63, 3.8) is 0 Å². The minimum atomic E-state index is -0.132. The third-order valence-electron chi connectivity index (χ3n) is 4.84. The zero-order valence-electron chi connectivity index (χ0n) is 19.3. The second-order valence-corrected chi connectivity index (χ2v) is 9.75. The molecule has 0 aliphatic carbocycles. The summed E-state index contributed by atoms with van der Waals surface area (Å²) in [6.07, 6.45) is 1.50. The highest BCUT2D eigenvalue weighted by atomic mass is 32.2. The van der Waals surface area contributed by atoms with Gasteiger partial charge < -0.3 is 15.4 Å². The van der Waals surface area contributed by atoms with Gasteiger partial charge in [0.25, 0.3) is 5.91 Å². The van der Waals surface area contributed by atoms with Crippen LogP contribution in [0.3, 0.4) is 0 Å². The first kappa shape index (κ1) is 24.5. The van der Waals surface area contributed by atoms with Gasteiger partial charge in [-0.05, 0) is 67.3 Å². The fourth-order valence-corrected chi connectivity index (χ4v) is 4.63. The van der Waals surface area contributed by atoms with Gasteiger partial charge in [-0.15, -0.1) is 11.3 Å². The smallest absolute Gasteiger partial charge is 0.265 e. The SMILES string of the molecule is CC(C)n1ncnc1SCC(=O)Nc1cccc(COc2ccc(NC(=O)c3cccs3)cc2)c1. The molecular formula is C25H25N5O3S2. The molecule has 0 saturated carbocycles. The van der Waals surface area contributed by atoms with Crippen molar-refractivity contribution in [1.29, 1.82) is 0 Å². The van der Waals surface area contributed by atoms with Gasteiger partial charge in [0.05, 0.1) is 10.6 Å². The van der Waals surface area contributed by atoms with Crippen molar-refractivity contribution in [3.8, 4) is 5.75 Å². The number of hydrogen-bond donors (Lipinski definition) is 2. The van der Waals surface area contributed by atoms with Gasteiger partial charge in [-0.1, -0.05) is 30.0 Å². The number of amides is 2. The molecule has 0 aliphatic rings. The van der Waals surface area contributed by atoms with Crippen LogP contribution in [0.2, 0.25) is 0 Å². The predicted octanol–water partition coefficient (Wildman–Crippen LogP) is 5.48. The Morgan fingerprint density at radius 3 is 2.63 bits per heavy atom. The molecule has 8 nitrogen and oxygen atoms in total. The molecule has 4 aromatic rings. The van der Waals surface area contributed by atoms with E-state index in [1.165, 1.54) is 29.4 Å². The number of ether oxygens (including phenoxy) is 1. The van der Waals surface area contributed by atoms with Gasteiger partial charge in [-0.3, -0.25) is 9.59 Å². The molecule has 0 bridgehead atoms. The fraction of sp³-hybridized carbons (Fsp3) is 0.200. The number of carbonyl (C=O) groups is 2. The second kappa shape index (κ2) is 11.7. The lowest BCUT2D eigenvalue weighted by molar-refractivity contribution is -0.113. The van der Waals surface area contributed by atoms with Gasteiger partial charge in [-0.25, -0.2) is 9.67 Å². The molecule has 2 aromatic carbocycles. The summed E-state index contributed by atoms with van der Waals surface area (Å²) in [5, 5.41) is 12.5. The minimum absolute atomic E-state index is 0.119. The van der Waals surface area contributed by atoms with Gasteiger partial charge in [0.1, 0.15) is 18.7 Å². The number of carbonyl (C=O) groups excluding carboxylic acids is 2. The summed E-state index contributed by atoms with van der Waals surface area (Å²) in [6.45, 7) is 4.38. The second-order valence-electron chi connectivity index (χ2n) is 7.86. The Morgan fingerprint density at radius 1 is 1.06 bits per heavy atom. The van der Waals surface area contributed by atoms with E-state index < -0.39 is 0 Å². The number of thiophene rings is 1. The Labute approximate surface area is 211 Å². The Kier molecular flexibility index (Phi) is 8.17. The van der Waals surface area contributed by atoms with Crippen LogP contribution in [0.4, 0.5) is 11.4 Å². The monoisotopic (exact) mass is 507 g/mol. The zero-order valence-corrected chi connectivity index (χ0v) is 20.9. The van der Waals surface area contributed by atoms with Crippen molar-refractivity contribution in [2.24, 2.45) is 0 Å². The third kappa shape index (κ3) is 6.93. The molecule has 4 rings (SSSR count). The van der Waals surface area contributed by atoms with Gasteiger partial charge in [-0.2, -0.15) is 5.10 Å². The minimum Gasteiger partial charge on any atom is -0.489 e. The summed E-state index contributed by atoms with van der Waals surface area (Å²) in [6, 6.07) is 18.6. The van der Waals surface area contributed by atoms with Gasteiger partial charge in [0.2, 0.25) is 5.91 Å². The van der Waals surface area contributed by atoms with Crippen LogP contribution < -0.4 is 15.4 Å². The lowest BCUT2D eigenvalue weighted by Gasteiger charge is -2.11. The molecule has 0 fully saturated rings. The molecule has 35 heavy (non-hydrogen) atoms. The Bertz CT molecular complexity index is 1270. The first-order valence-corrected chi connectivity index (χ1v) is 12.8. The highest BCUT2D eigenvalue weighted by Crippen LogP contribution is 2.21. The van der Waals surface area contributed by atoms with Crippen LogP contribution in [0.25, 0.3) is 0 Å². The first-order valence-electron chi connectivity index (χ1n) is 11.0. The van der Waals surface area contributed by atoms with E-state index >= 15 is 0 Å². The lowest BCUT2D eigenvalue weighted by atomic mass is 10.2. The number of anilines is 2. The average molecular weight is 508 g/mol. The van der Waals surface area contributed by atoms with E-state index in [4.69, 9.17) is 4.74 Å². The molecule has 2 aromatic heterocycles. The quantitative estimate of drug-likeness (QED) is 0.276. The van der Waals surface area contributed by atoms with Crippen molar-refractivity contribution in [2.75, 3.05) is 16.4 Å². The third-order valence-corrected chi connectivity index (χ3v) is 6.66. The molecule has 0 unspecified atom stereocenters. The van der Waals surface area contributed by atoms with E-state index in [1.54, 1.807) is 22.9 Å². The number of benzene rings is 2. The predicted molar refractivity (Wildman–Crippen MR) is 139 cm³/mol. The van der Waals surface area contributed by atoms with Crippen LogP contribution in [0.15, 0.2) is 77.5 Å². The van der Waals surface area contributed by atoms with Gasteiger partial charge in [0, 0.05) is 17.4 Å². The standard InChI is InChI=1S/C25H25N5O3S2/c1-17(2)30-25(26-16-27-30)35-15-23(31)28-20-6-3-5-18(13-20)14-33-21-10-8-19(9-11-21)29-24(32)22-7-4-12-34-22/h3-13,16-17H,14-15H2,1-2H3,(H,28,31)(H,29,32). The number of nitrogens with one attached hydrogen (secondary N) is 2. The fourth-order valence-electron chi connectivity index (χ4n) is 3.16. The van der Waals surface area contributed by atoms with Crippen molar-refractivity contribution in [2.45, 2.75) is 31.7 Å². The average Bonchev–Trinajstić information content (AvgIpc) is 3.55. The molecule has 180 valence electrons. The summed E-state index contributed by atoms with van der Waals surface area (Å²) < 4.78 is 7.66. The van der Waals surface area contributed by atoms with Crippen LogP contribution in [-0.2, 0) is 11.4 Å². The van der Waals surface area contributed by atoms with Crippen LogP contribution in [0.1, 0.15) is 35.1 Å². The first-order chi connectivity index (χ1) is 17.0. The zero-order chi connectivity index (χ0) is 24.6. The molecular weight excluding hydrogens is 482 g/mol. The van der Waals surface area contributed by atoms with Gasteiger partial charge >= 0.3 is 0 Å². The van der Waals surface area contributed by atoms with E-state index in [2.05, 4.69) is 20.7 Å². The molecule has 2 heterocycles. The number of aromatic nitrogens is 3. The molecule has 2 N–H and O–H groups in total. The molecule has 10 heteroatoms. The van der Waals surface area contributed by atoms with E-state index in [9.17, 15) is 9.59 Å². The Balaban J connectivity index is 1.26. The van der Waals surface area contributed by atoms with Crippen molar-refractivity contribution >= 4 is 46.3 Å². The normalized spacial score (nSPS) is 10.8. The van der Waals surface area contributed by atoms with Gasteiger partial charge in [0.15, 0.2) is 5.16 Å². The van der Waals surface area contributed by atoms with Crippen molar-refractivity contribution in [1.82, 2.24) is 14.8 Å². The molecule has 0 spiro atoms. The van der Waals surface area contributed by atoms with E-state index in [-0.39, 0.29) is 23.6 Å². The maximum Gasteiger partial charge on any atom is 0.265 e. The molecule has 0 radical (unpaired) electrons. The van der Waals surface area contributed by atoms with Crippen LogP contribution >= 0.6 is 23.1 Å². The van der Waals surface area contributed by atoms with E-state index in [0.29, 0.717) is 28.6 Å². The molecule has 0 atom stereocenters. The Morgan fingerprint density at radius 2 is 1.89 bits per heavy atom. The topological polar surface area (TPSA) is 98.1 Å². The summed E-state index contributed by atoms with van der Waals surface area (Å²) in [5.41, 5.74) is 2.32. The maximum absolute atomic E-state index is 12.4. The summed E-state index contributed by atoms with van der Waals surface area (Å²) >= 11 is 2.75. The Hall–Kier alpha value is -3.63. The largest absolute Gasteiger partial charge is 0.489 e. The molecule has 0 saturated heterocycles. The van der Waals surface area contributed by atoms with Crippen LogP contribution in [0.5, 0.6) is 5.75 Å². The molecule has 2 amide bonds. The van der Waals surface area contributed by atoms with E-state index in [0.717, 1.165) is 10.7 Å². The highest BCUT2D eigenvalue weighted by molar-refractivity contribution is 7.99. The van der Waals surface area contributed by atoms with Crippen molar-refractivity contribution in [3.05, 3.63) is 82.8 Å². The summed E-state index contributed by atoms with van der Waals surface area (Å²) in [5.74, 6) is 0.667. The lowest BCUT2D eigenvalue weighted by Crippen LogP contribution is -2.15. The maximum atomic E-state index is 12.4. The summed E-state index contributed by atoms with van der Waals surface area (Å²) in [7, 11) is 0. The number of thioether (sulfide) groups is 1. The summed E-state index contributed by atoms with van der Waals surface area (Å²) in [4.78, 5) is 29.4. The van der Waals surface area contributed by atoms with Crippen LogP contribution in [-0.4, -0.2) is 32.3 Å². The number of rotatable bonds is 10. The van der Waals surface area contributed by atoms with Crippen LogP contribution in [0, 0.1) is 0 Å². The van der Waals surface area contributed by atoms with Crippen molar-refractivity contribution < 1.29 is 14.3 Å². The van der Waals surface area contributed by atoms with E-state index in [1.807, 2.05) is 61.7 Å². The number of nitrogens with zero attached hydrogens (tertiary/aromatic N) is 3. The number of hydrogen-bond acceptors (Lipinski definition) is 7. The highest BCUT2D eigenvalue weighted by Gasteiger charge is 2.11.